The number of nitrogens with zero attached hydrogens (tertiary/aromatic N) is 2. The Labute approximate surface area is 169 Å². The fraction of sp³-hybridized carbons (Fsp3) is 0.381. The molecule has 6 nitrogen and oxygen atoms in total. The molecule has 2 heterocycles. The van der Waals surface area contributed by atoms with Crippen LogP contribution in [-0.4, -0.2) is 50.8 Å². The van der Waals surface area contributed by atoms with Gasteiger partial charge in [-0.15, -0.1) is 0 Å². The molecular formula is C21H24N2O4S. The Morgan fingerprint density at radius 3 is 2.43 bits per heavy atom. The van der Waals surface area contributed by atoms with Crippen LogP contribution in [0.2, 0.25) is 0 Å². The smallest absolute Gasteiger partial charge is 0.245 e. The van der Waals surface area contributed by atoms with Gasteiger partial charge in [-0.25, -0.2) is 0 Å². The maximum absolute atomic E-state index is 13.3. The molecule has 0 unspecified atom stereocenters. The molecule has 2 aromatic rings. The number of carbonyl (C=O) groups excluding carboxylic acids is 1. The van der Waals surface area contributed by atoms with E-state index in [1.807, 2.05) is 30.3 Å². The summed E-state index contributed by atoms with van der Waals surface area (Å²) in [6.45, 7) is 7.19. The number of benzene rings is 2. The van der Waals surface area contributed by atoms with E-state index >= 15 is 0 Å². The molecule has 0 saturated carbocycles. The van der Waals surface area contributed by atoms with Crippen molar-refractivity contribution in [3.05, 3.63) is 30.3 Å². The van der Waals surface area contributed by atoms with Crippen molar-refractivity contribution in [1.29, 1.82) is 0 Å². The van der Waals surface area contributed by atoms with Crippen molar-refractivity contribution in [2.75, 3.05) is 44.9 Å². The van der Waals surface area contributed by atoms with Crippen molar-refractivity contribution in [3.8, 4) is 17.2 Å². The van der Waals surface area contributed by atoms with Gasteiger partial charge in [-0.3, -0.25) is 14.6 Å². The number of carbonyl (C=O) groups is 1. The van der Waals surface area contributed by atoms with Gasteiger partial charge in [-0.05, 0) is 31.3 Å². The summed E-state index contributed by atoms with van der Waals surface area (Å²) >= 11 is 1.61. The third-order valence-corrected chi connectivity index (χ3v) is 6.09. The standard InChI is InChI=1S/C21H24N2O4S/c1-4-22(5-2)13-21(24)23-15-7-6-14(25-3)10-19(15)28-20-12-18-17(11-16(20)23)26-8-9-27-18/h6-7,10-12H,4-5,8-9,13H2,1-3H3. The molecule has 2 aliphatic heterocycles. The molecule has 0 saturated heterocycles. The third-order valence-electron chi connectivity index (χ3n) is 5.00. The number of methoxy groups -OCH3 is 1. The lowest BCUT2D eigenvalue weighted by atomic mass is 10.2. The van der Waals surface area contributed by atoms with Gasteiger partial charge in [0, 0.05) is 21.9 Å². The van der Waals surface area contributed by atoms with E-state index in [4.69, 9.17) is 14.2 Å². The molecule has 1 amide bonds. The van der Waals surface area contributed by atoms with Crippen LogP contribution in [0, 0.1) is 0 Å². The van der Waals surface area contributed by atoms with Crippen molar-refractivity contribution in [2.45, 2.75) is 23.6 Å². The zero-order chi connectivity index (χ0) is 19.7. The molecule has 0 spiro atoms. The van der Waals surface area contributed by atoms with Gasteiger partial charge in [0.2, 0.25) is 5.91 Å². The summed E-state index contributed by atoms with van der Waals surface area (Å²) in [4.78, 5) is 19.2. The summed E-state index contributed by atoms with van der Waals surface area (Å²) in [7, 11) is 1.65. The van der Waals surface area contributed by atoms with Crippen LogP contribution in [0.5, 0.6) is 17.2 Å². The average Bonchev–Trinajstić information content (AvgIpc) is 2.73. The number of likely N-dealkylation sites (N-methyl/N-ethyl adjacent to an activating group) is 1. The van der Waals surface area contributed by atoms with E-state index in [2.05, 4.69) is 18.7 Å². The largest absolute Gasteiger partial charge is 0.497 e. The summed E-state index contributed by atoms with van der Waals surface area (Å²) in [5.41, 5.74) is 1.70. The summed E-state index contributed by atoms with van der Waals surface area (Å²) in [6.07, 6.45) is 0. The third kappa shape index (κ3) is 3.40. The molecule has 28 heavy (non-hydrogen) atoms. The Morgan fingerprint density at radius 2 is 1.75 bits per heavy atom. The SMILES string of the molecule is CCN(CC)CC(=O)N1c2ccc(OC)cc2Sc2cc3c(cc21)OCCO3. The Hall–Kier alpha value is -2.38. The van der Waals surface area contributed by atoms with Gasteiger partial charge in [-0.2, -0.15) is 0 Å². The van der Waals surface area contributed by atoms with E-state index < -0.39 is 0 Å². The van der Waals surface area contributed by atoms with E-state index in [0.717, 1.165) is 45.8 Å². The fourth-order valence-electron chi connectivity index (χ4n) is 3.43. The molecule has 0 atom stereocenters. The van der Waals surface area contributed by atoms with Crippen LogP contribution in [-0.2, 0) is 4.79 Å². The number of ether oxygens (including phenoxy) is 3. The highest BCUT2D eigenvalue weighted by atomic mass is 32.2. The Balaban J connectivity index is 1.80. The van der Waals surface area contributed by atoms with Gasteiger partial charge < -0.3 is 14.2 Å². The van der Waals surface area contributed by atoms with E-state index in [-0.39, 0.29) is 5.91 Å². The van der Waals surface area contributed by atoms with Crippen LogP contribution >= 0.6 is 11.8 Å². The van der Waals surface area contributed by atoms with Crippen molar-refractivity contribution < 1.29 is 19.0 Å². The minimum Gasteiger partial charge on any atom is -0.497 e. The minimum atomic E-state index is 0.0355. The van der Waals surface area contributed by atoms with Crippen LogP contribution in [0.15, 0.2) is 40.1 Å². The lowest BCUT2D eigenvalue weighted by Gasteiger charge is -2.34. The van der Waals surface area contributed by atoms with Crippen LogP contribution in [0.4, 0.5) is 11.4 Å². The summed E-state index contributed by atoms with van der Waals surface area (Å²) < 4.78 is 16.9. The first kappa shape index (κ1) is 19.0. The van der Waals surface area contributed by atoms with Gasteiger partial charge in [0.1, 0.15) is 19.0 Å². The number of anilines is 2. The Morgan fingerprint density at radius 1 is 1.07 bits per heavy atom. The molecule has 0 aromatic heterocycles. The van der Waals surface area contributed by atoms with Crippen molar-refractivity contribution in [1.82, 2.24) is 4.90 Å². The molecule has 4 rings (SSSR count). The van der Waals surface area contributed by atoms with E-state index in [0.29, 0.717) is 25.5 Å². The molecule has 148 valence electrons. The maximum atomic E-state index is 13.3. The van der Waals surface area contributed by atoms with Crippen molar-refractivity contribution >= 4 is 29.0 Å². The fourth-order valence-corrected chi connectivity index (χ4v) is 4.53. The normalized spacial score (nSPS) is 14.5. The quantitative estimate of drug-likeness (QED) is 0.758. The second-order valence-electron chi connectivity index (χ2n) is 6.59. The van der Waals surface area contributed by atoms with E-state index in [9.17, 15) is 4.79 Å². The van der Waals surface area contributed by atoms with Crippen LogP contribution in [0.25, 0.3) is 0 Å². The molecule has 0 radical (unpaired) electrons. The van der Waals surface area contributed by atoms with Gasteiger partial charge in [0.05, 0.1) is 25.0 Å². The van der Waals surface area contributed by atoms with Crippen LogP contribution in [0.1, 0.15) is 13.8 Å². The van der Waals surface area contributed by atoms with E-state index in [1.54, 1.807) is 23.8 Å². The Kier molecular flexibility index (Phi) is 5.37. The number of hydrogen-bond donors (Lipinski definition) is 0. The highest BCUT2D eigenvalue weighted by Gasteiger charge is 2.31. The minimum absolute atomic E-state index is 0.0355. The van der Waals surface area contributed by atoms with Gasteiger partial charge in [0.15, 0.2) is 11.5 Å². The molecule has 0 N–H and O–H groups in total. The monoisotopic (exact) mass is 400 g/mol. The number of amides is 1. The molecule has 2 aliphatic rings. The maximum Gasteiger partial charge on any atom is 0.245 e. The van der Waals surface area contributed by atoms with E-state index in [1.165, 1.54) is 0 Å². The molecule has 7 heteroatoms. The molecule has 0 aliphatic carbocycles. The highest BCUT2D eigenvalue weighted by Crippen LogP contribution is 2.52. The second-order valence-corrected chi connectivity index (χ2v) is 7.67. The molecule has 0 bridgehead atoms. The van der Waals surface area contributed by atoms with Gasteiger partial charge in [-0.1, -0.05) is 25.6 Å². The summed E-state index contributed by atoms with van der Waals surface area (Å²) in [6, 6.07) is 9.69. The van der Waals surface area contributed by atoms with Crippen molar-refractivity contribution in [2.24, 2.45) is 0 Å². The first-order chi connectivity index (χ1) is 13.6. The number of fused-ring (bicyclic) bond motifs is 3. The highest BCUT2D eigenvalue weighted by molar-refractivity contribution is 7.99. The van der Waals surface area contributed by atoms with Gasteiger partial charge >= 0.3 is 0 Å². The topological polar surface area (TPSA) is 51.2 Å². The lowest BCUT2D eigenvalue weighted by molar-refractivity contribution is -0.119. The summed E-state index contributed by atoms with van der Waals surface area (Å²) in [5, 5.41) is 0. The van der Waals surface area contributed by atoms with Crippen molar-refractivity contribution in [3.63, 3.8) is 0 Å². The van der Waals surface area contributed by atoms with Gasteiger partial charge in [0.25, 0.3) is 0 Å². The number of hydrogen-bond acceptors (Lipinski definition) is 6. The van der Waals surface area contributed by atoms with Crippen LogP contribution in [0.3, 0.4) is 0 Å². The zero-order valence-electron chi connectivity index (χ0n) is 16.4. The number of rotatable bonds is 5. The average molecular weight is 401 g/mol. The Bertz CT molecular complexity index is 898. The second kappa shape index (κ2) is 7.93. The first-order valence-electron chi connectivity index (χ1n) is 9.49. The zero-order valence-corrected chi connectivity index (χ0v) is 17.2. The molecule has 0 fully saturated rings. The predicted molar refractivity (Wildman–Crippen MR) is 109 cm³/mol. The summed E-state index contributed by atoms with van der Waals surface area (Å²) in [5.74, 6) is 2.21. The van der Waals surface area contributed by atoms with Crippen LogP contribution < -0.4 is 19.1 Å². The molecular weight excluding hydrogens is 376 g/mol. The predicted octanol–water partition coefficient (Wildman–Crippen LogP) is 3.94. The molecule has 2 aromatic carbocycles. The lowest BCUT2D eigenvalue weighted by Crippen LogP contribution is -2.39. The first-order valence-corrected chi connectivity index (χ1v) is 10.3.